The molecule has 4 rings (SSSR count). The van der Waals surface area contributed by atoms with E-state index >= 15 is 0 Å². The number of hydrogen-bond acceptors (Lipinski definition) is 4. The van der Waals surface area contributed by atoms with Crippen molar-refractivity contribution in [2.75, 3.05) is 11.4 Å². The van der Waals surface area contributed by atoms with Crippen molar-refractivity contribution in [3.63, 3.8) is 0 Å². The Morgan fingerprint density at radius 3 is 2.92 bits per heavy atom. The number of aryl methyl sites for hydroxylation is 1. The smallest absolute Gasteiger partial charge is 0.302 e. The van der Waals surface area contributed by atoms with Crippen molar-refractivity contribution in [3.05, 3.63) is 40.8 Å². The Balaban J connectivity index is 1.70. The summed E-state index contributed by atoms with van der Waals surface area (Å²) in [4.78, 5) is 30.6. The van der Waals surface area contributed by atoms with Gasteiger partial charge in [-0.25, -0.2) is 4.98 Å². The fraction of sp³-hybridized carbons (Fsp3) is 0.421. The SMILES string of the molecule is Bc1ccnc(N2CCn3c(cc4c3CCCC4)C2=O)c1COC(C)=O. The highest BCUT2D eigenvalue weighted by atomic mass is 16.5. The van der Waals surface area contributed by atoms with Gasteiger partial charge in [-0.1, -0.05) is 5.46 Å². The average Bonchev–Trinajstić information content (AvgIpc) is 3.01. The summed E-state index contributed by atoms with van der Waals surface area (Å²) in [7, 11) is 1.94. The number of esters is 1. The molecular weight excluding hydrogens is 329 g/mol. The molecule has 2 aromatic rings. The van der Waals surface area contributed by atoms with E-state index in [0.29, 0.717) is 12.4 Å². The molecule has 1 aliphatic heterocycles. The van der Waals surface area contributed by atoms with Crippen LogP contribution in [0.15, 0.2) is 18.3 Å². The largest absolute Gasteiger partial charge is 0.461 e. The number of carbonyl (C=O) groups is 2. The highest BCUT2D eigenvalue weighted by molar-refractivity contribution is 6.33. The second-order valence-corrected chi connectivity index (χ2v) is 7.03. The Labute approximate surface area is 153 Å². The van der Waals surface area contributed by atoms with Crippen LogP contribution in [-0.2, 0) is 35.5 Å². The lowest BCUT2D eigenvalue weighted by Crippen LogP contribution is -2.42. The van der Waals surface area contributed by atoms with Gasteiger partial charge in [0.15, 0.2) is 0 Å². The van der Waals surface area contributed by atoms with Crippen molar-refractivity contribution >= 4 is 31.0 Å². The van der Waals surface area contributed by atoms with Gasteiger partial charge in [0, 0.05) is 37.5 Å². The summed E-state index contributed by atoms with van der Waals surface area (Å²) in [5.41, 5.74) is 5.16. The van der Waals surface area contributed by atoms with E-state index in [4.69, 9.17) is 4.74 Å². The van der Waals surface area contributed by atoms with E-state index in [1.165, 1.54) is 31.0 Å². The van der Waals surface area contributed by atoms with Crippen LogP contribution in [0.2, 0.25) is 0 Å². The molecule has 1 amide bonds. The van der Waals surface area contributed by atoms with E-state index in [2.05, 4.69) is 15.6 Å². The number of carbonyl (C=O) groups excluding carboxylic acids is 2. The van der Waals surface area contributed by atoms with Crippen LogP contribution in [0, 0.1) is 0 Å². The number of amides is 1. The van der Waals surface area contributed by atoms with E-state index in [9.17, 15) is 9.59 Å². The first-order valence-electron chi connectivity index (χ1n) is 9.17. The van der Waals surface area contributed by atoms with E-state index in [0.717, 1.165) is 36.1 Å². The molecule has 0 bridgehead atoms. The zero-order valence-corrected chi connectivity index (χ0v) is 15.2. The molecule has 0 saturated carbocycles. The third kappa shape index (κ3) is 2.81. The van der Waals surface area contributed by atoms with Crippen LogP contribution >= 0.6 is 0 Å². The Hall–Kier alpha value is -2.57. The quantitative estimate of drug-likeness (QED) is 0.605. The molecule has 26 heavy (non-hydrogen) atoms. The van der Waals surface area contributed by atoms with Crippen LogP contribution in [0.25, 0.3) is 0 Å². The molecule has 1 aliphatic carbocycles. The molecule has 0 N–H and O–H groups in total. The van der Waals surface area contributed by atoms with Crippen molar-refractivity contribution < 1.29 is 14.3 Å². The minimum atomic E-state index is -0.342. The summed E-state index contributed by atoms with van der Waals surface area (Å²) in [6.07, 6.45) is 6.21. The molecule has 0 atom stereocenters. The summed E-state index contributed by atoms with van der Waals surface area (Å²) in [5, 5.41) is 0. The summed E-state index contributed by atoms with van der Waals surface area (Å²) in [5.74, 6) is 0.236. The van der Waals surface area contributed by atoms with Crippen molar-refractivity contribution in [1.29, 1.82) is 0 Å². The summed E-state index contributed by atoms with van der Waals surface area (Å²) in [6.45, 7) is 2.87. The number of hydrogen-bond donors (Lipinski definition) is 0. The van der Waals surface area contributed by atoms with Crippen LogP contribution in [0.5, 0.6) is 0 Å². The molecular formula is C19H22BN3O3. The first-order chi connectivity index (χ1) is 12.6. The molecule has 0 radical (unpaired) electrons. The van der Waals surface area contributed by atoms with E-state index in [-0.39, 0.29) is 18.5 Å². The number of ether oxygens (including phenoxy) is 1. The van der Waals surface area contributed by atoms with Gasteiger partial charge in [-0.15, -0.1) is 0 Å². The molecule has 134 valence electrons. The van der Waals surface area contributed by atoms with E-state index < -0.39 is 0 Å². The molecule has 0 fully saturated rings. The van der Waals surface area contributed by atoms with Crippen molar-refractivity contribution in [2.45, 2.75) is 45.8 Å². The fourth-order valence-corrected chi connectivity index (χ4v) is 4.00. The molecule has 0 aromatic carbocycles. The number of aromatic nitrogens is 2. The predicted molar refractivity (Wildman–Crippen MR) is 101 cm³/mol. The van der Waals surface area contributed by atoms with Crippen LogP contribution in [0.1, 0.15) is 47.1 Å². The maximum Gasteiger partial charge on any atom is 0.302 e. The molecule has 0 spiro atoms. The minimum absolute atomic E-state index is 0.0205. The van der Waals surface area contributed by atoms with Crippen LogP contribution in [0.3, 0.4) is 0 Å². The zero-order chi connectivity index (χ0) is 18.3. The van der Waals surface area contributed by atoms with E-state index in [1.807, 2.05) is 13.9 Å². The standard InChI is InChI=1S/C19H22BN3O3/c1-12(24)26-11-14-15(20)6-7-21-18(14)23-9-8-22-16-5-3-2-4-13(16)10-17(22)19(23)25/h6-7,10H,2-5,8-9,11,20H2,1H3. The van der Waals surface area contributed by atoms with Crippen LogP contribution < -0.4 is 10.4 Å². The minimum Gasteiger partial charge on any atom is -0.461 e. The predicted octanol–water partition coefficient (Wildman–Crippen LogP) is 0.744. The molecule has 6 nitrogen and oxygen atoms in total. The van der Waals surface area contributed by atoms with Crippen molar-refractivity contribution in [2.24, 2.45) is 0 Å². The molecule has 2 aromatic heterocycles. The van der Waals surface area contributed by atoms with Crippen molar-refractivity contribution in [3.8, 4) is 0 Å². The van der Waals surface area contributed by atoms with Crippen molar-refractivity contribution in [1.82, 2.24) is 9.55 Å². The van der Waals surface area contributed by atoms with Gasteiger partial charge in [0.1, 0.15) is 26.0 Å². The number of pyridine rings is 1. The topological polar surface area (TPSA) is 64.4 Å². The number of fused-ring (bicyclic) bond motifs is 3. The number of anilines is 1. The zero-order valence-electron chi connectivity index (χ0n) is 15.2. The summed E-state index contributed by atoms with van der Waals surface area (Å²) < 4.78 is 7.38. The fourth-order valence-electron chi connectivity index (χ4n) is 4.00. The third-order valence-electron chi connectivity index (χ3n) is 5.36. The van der Waals surface area contributed by atoms with Gasteiger partial charge in [0.2, 0.25) is 0 Å². The summed E-state index contributed by atoms with van der Waals surface area (Å²) in [6, 6.07) is 3.93. The first kappa shape index (κ1) is 16.9. The van der Waals surface area contributed by atoms with Crippen LogP contribution in [0.4, 0.5) is 5.82 Å². The highest BCUT2D eigenvalue weighted by Crippen LogP contribution is 2.30. The molecule has 0 unspecified atom stereocenters. The van der Waals surface area contributed by atoms with Crippen LogP contribution in [-0.4, -0.2) is 35.8 Å². The van der Waals surface area contributed by atoms with Gasteiger partial charge in [0.05, 0.1) is 0 Å². The summed E-state index contributed by atoms with van der Waals surface area (Å²) >= 11 is 0. The lowest BCUT2D eigenvalue weighted by Gasteiger charge is -2.30. The van der Waals surface area contributed by atoms with Gasteiger partial charge >= 0.3 is 5.97 Å². The number of rotatable bonds is 3. The normalized spacial score (nSPS) is 16.2. The Morgan fingerprint density at radius 2 is 2.12 bits per heavy atom. The average molecular weight is 351 g/mol. The molecule has 2 aliphatic rings. The second kappa shape index (κ2) is 6.63. The Morgan fingerprint density at radius 1 is 1.31 bits per heavy atom. The van der Waals surface area contributed by atoms with Gasteiger partial charge in [-0.05, 0) is 43.4 Å². The van der Waals surface area contributed by atoms with Gasteiger partial charge < -0.3 is 9.30 Å². The Bertz CT molecular complexity index is 890. The van der Waals surface area contributed by atoms with E-state index in [1.54, 1.807) is 11.1 Å². The van der Waals surface area contributed by atoms with Gasteiger partial charge in [-0.2, -0.15) is 0 Å². The third-order valence-corrected chi connectivity index (χ3v) is 5.36. The lowest BCUT2D eigenvalue weighted by atomic mass is 9.91. The second-order valence-electron chi connectivity index (χ2n) is 7.03. The van der Waals surface area contributed by atoms with Gasteiger partial charge in [0.25, 0.3) is 5.91 Å². The maximum absolute atomic E-state index is 13.2. The Kier molecular flexibility index (Phi) is 4.30. The molecule has 0 saturated heterocycles. The first-order valence-corrected chi connectivity index (χ1v) is 9.17. The molecule has 3 heterocycles. The lowest BCUT2D eigenvalue weighted by molar-refractivity contribution is -0.142. The van der Waals surface area contributed by atoms with Gasteiger partial charge in [-0.3, -0.25) is 14.5 Å². The highest BCUT2D eigenvalue weighted by Gasteiger charge is 2.32. The maximum atomic E-state index is 13.2. The monoisotopic (exact) mass is 351 g/mol. The molecule has 7 heteroatoms. The number of nitrogens with zero attached hydrogens (tertiary/aromatic N) is 3.